The average Bonchev–Trinajstić information content (AvgIpc) is 0.901. The summed E-state index contributed by atoms with van der Waals surface area (Å²) in [7, 11) is -9.83. The lowest BCUT2D eigenvalue weighted by Gasteiger charge is -2.21. The molecular formula is C91H148O16P2. The van der Waals surface area contributed by atoms with Crippen molar-refractivity contribution in [3.8, 4) is 0 Å². The number of carbonyl (C=O) groups is 3. The highest BCUT2D eigenvalue weighted by molar-refractivity contribution is 7.47. The minimum atomic E-state index is -4.96. The molecule has 0 aliphatic heterocycles. The Balaban J connectivity index is 4.56. The smallest absolute Gasteiger partial charge is 0.463 e. The molecule has 618 valence electrons. The Bertz CT molecular complexity index is 2760. The first-order valence-electron chi connectivity index (χ1n) is 41.7. The number of unbranched alkanes of at least 4 members (excludes halogenated alkanes) is 22. The average molecular weight is 1560 g/mol. The molecule has 0 heterocycles. The number of esters is 3. The van der Waals surface area contributed by atoms with E-state index >= 15 is 0 Å². The zero-order valence-corrected chi connectivity index (χ0v) is 69.4. The summed E-state index contributed by atoms with van der Waals surface area (Å²) in [5, 5.41) is 20.7. The zero-order valence-electron chi connectivity index (χ0n) is 67.6. The second-order valence-electron chi connectivity index (χ2n) is 27.1. The highest BCUT2D eigenvalue weighted by Crippen LogP contribution is 2.45. The van der Waals surface area contributed by atoms with Crippen molar-refractivity contribution in [2.75, 3.05) is 39.6 Å². The summed E-state index contributed by atoms with van der Waals surface area (Å²) in [6.45, 7) is 2.25. The quantitative estimate of drug-likeness (QED) is 0.0146. The Labute approximate surface area is 661 Å². The Morgan fingerprint density at radius 1 is 0.257 bits per heavy atom. The summed E-state index contributed by atoms with van der Waals surface area (Å²) in [6, 6.07) is 0. The number of hydrogen-bond donors (Lipinski definition) is 4. The number of rotatable bonds is 77. The van der Waals surface area contributed by atoms with Gasteiger partial charge in [0.2, 0.25) is 0 Å². The number of carbonyl (C=O) groups excluding carboxylic acids is 3. The molecule has 0 aromatic heterocycles. The van der Waals surface area contributed by atoms with E-state index < -0.39 is 91.5 Å². The van der Waals surface area contributed by atoms with Crippen molar-refractivity contribution in [2.24, 2.45) is 0 Å². The van der Waals surface area contributed by atoms with Crippen molar-refractivity contribution in [3.63, 3.8) is 0 Å². The van der Waals surface area contributed by atoms with Crippen molar-refractivity contribution >= 4 is 33.6 Å². The van der Waals surface area contributed by atoms with Crippen LogP contribution in [0.25, 0.3) is 0 Å². The molecule has 0 bridgehead atoms. The van der Waals surface area contributed by atoms with Crippen LogP contribution in [-0.4, -0.2) is 95.9 Å². The highest BCUT2D eigenvalue weighted by atomic mass is 31.2. The van der Waals surface area contributed by atoms with Crippen LogP contribution in [0.2, 0.25) is 0 Å². The van der Waals surface area contributed by atoms with Gasteiger partial charge < -0.3 is 34.2 Å². The highest BCUT2D eigenvalue weighted by Gasteiger charge is 2.29. The van der Waals surface area contributed by atoms with Gasteiger partial charge in [0.05, 0.1) is 26.4 Å². The van der Waals surface area contributed by atoms with Gasteiger partial charge in [-0.2, -0.15) is 0 Å². The normalized spacial score (nSPS) is 14.9. The van der Waals surface area contributed by atoms with Gasteiger partial charge in [-0.15, -0.1) is 0 Å². The van der Waals surface area contributed by atoms with E-state index in [1.165, 1.54) is 64.2 Å². The Morgan fingerprint density at radius 2 is 0.468 bits per heavy atom. The lowest BCUT2D eigenvalue weighted by atomic mass is 10.0. The number of aliphatic hydroxyl groups is 2. The predicted molar refractivity (Wildman–Crippen MR) is 454 cm³/mol. The minimum Gasteiger partial charge on any atom is -0.463 e. The molecule has 0 radical (unpaired) electrons. The number of phosphoric acid groups is 2. The fourth-order valence-corrected chi connectivity index (χ4v) is 12.2. The van der Waals surface area contributed by atoms with Crippen LogP contribution in [0, 0.1) is 0 Å². The summed E-state index contributed by atoms with van der Waals surface area (Å²) in [5.74, 6) is -1.67. The molecule has 0 fully saturated rings. The minimum absolute atomic E-state index is 0.0169. The van der Waals surface area contributed by atoms with Gasteiger partial charge in [-0.05, 0) is 154 Å². The molecule has 109 heavy (non-hydrogen) atoms. The maximum absolute atomic E-state index is 13.0. The molecule has 0 saturated heterocycles. The summed E-state index contributed by atoms with van der Waals surface area (Å²) < 4.78 is 61.2. The third kappa shape index (κ3) is 83.2. The van der Waals surface area contributed by atoms with Crippen molar-refractivity contribution in [1.82, 2.24) is 0 Å². The maximum Gasteiger partial charge on any atom is 0.472 e. The molecule has 16 nitrogen and oxygen atoms in total. The van der Waals surface area contributed by atoms with Gasteiger partial charge in [-0.25, -0.2) is 9.13 Å². The summed E-state index contributed by atoms with van der Waals surface area (Å²) in [6.07, 6.45) is 108. The van der Waals surface area contributed by atoms with Crippen LogP contribution < -0.4 is 0 Å². The van der Waals surface area contributed by atoms with Crippen molar-refractivity contribution in [3.05, 3.63) is 194 Å². The van der Waals surface area contributed by atoms with Crippen LogP contribution in [0.5, 0.6) is 0 Å². The van der Waals surface area contributed by atoms with Gasteiger partial charge >= 0.3 is 33.6 Å². The molecular weight excluding hydrogens is 1410 g/mol. The van der Waals surface area contributed by atoms with Gasteiger partial charge in [-0.1, -0.05) is 324 Å². The van der Waals surface area contributed by atoms with E-state index in [0.717, 1.165) is 173 Å². The topological polar surface area (TPSA) is 231 Å². The second-order valence-corrected chi connectivity index (χ2v) is 30.0. The number of allylic oxidation sites excluding steroid dienone is 32. The van der Waals surface area contributed by atoms with Crippen molar-refractivity contribution in [1.29, 1.82) is 0 Å². The SMILES string of the molecule is CC/C=C\C/C=C\C/C=C\C/C=C\C/C=C\C/C=C\CCCCCCCCCCCCCCCCC(=O)OCC(O)COP(=O)(O)OCC(O)COP(=O)(O)OCC(COC(=O)CCCCCCCCC/C=C\C/C=C\C/C=C\C/C=C\C/C=C\CC)OC(=O)CCC/C=C\C/C=C\C/C=C\C/C=C\C/C=C\CC. The molecule has 0 saturated carbocycles. The van der Waals surface area contributed by atoms with Gasteiger partial charge in [-0.3, -0.25) is 32.5 Å². The Hall–Kier alpha value is -5.61. The fourth-order valence-electron chi connectivity index (χ4n) is 10.6. The van der Waals surface area contributed by atoms with E-state index in [1.807, 2.05) is 12.2 Å². The van der Waals surface area contributed by atoms with Crippen LogP contribution in [0.1, 0.15) is 303 Å². The van der Waals surface area contributed by atoms with E-state index in [9.17, 15) is 43.5 Å². The molecule has 0 aliphatic carbocycles. The van der Waals surface area contributed by atoms with E-state index in [2.05, 4.69) is 203 Å². The third-order valence-electron chi connectivity index (χ3n) is 16.8. The van der Waals surface area contributed by atoms with E-state index in [-0.39, 0.29) is 19.3 Å². The third-order valence-corrected chi connectivity index (χ3v) is 18.7. The molecule has 0 spiro atoms. The van der Waals surface area contributed by atoms with Crippen molar-refractivity contribution in [2.45, 2.75) is 322 Å². The van der Waals surface area contributed by atoms with E-state index in [0.29, 0.717) is 25.7 Å². The Morgan fingerprint density at radius 3 is 0.752 bits per heavy atom. The molecule has 0 rings (SSSR count). The van der Waals surface area contributed by atoms with Crippen molar-refractivity contribution < 1.29 is 75.8 Å². The van der Waals surface area contributed by atoms with Crippen LogP contribution in [0.4, 0.5) is 0 Å². The molecule has 18 heteroatoms. The fraction of sp³-hybridized carbons (Fsp3) is 0.615. The van der Waals surface area contributed by atoms with Gasteiger partial charge in [0, 0.05) is 19.3 Å². The number of hydrogen-bond acceptors (Lipinski definition) is 14. The van der Waals surface area contributed by atoms with Crippen LogP contribution >= 0.6 is 15.6 Å². The zero-order chi connectivity index (χ0) is 79.4. The van der Waals surface area contributed by atoms with E-state index in [1.54, 1.807) is 0 Å². The lowest BCUT2D eigenvalue weighted by Crippen LogP contribution is -2.30. The second kappa shape index (κ2) is 81.9. The first-order valence-corrected chi connectivity index (χ1v) is 44.7. The molecule has 0 amide bonds. The number of aliphatic hydroxyl groups excluding tert-OH is 2. The molecule has 4 N–H and O–H groups in total. The van der Waals surface area contributed by atoms with Gasteiger partial charge in [0.15, 0.2) is 6.10 Å². The van der Waals surface area contributed by atoms with E-state index in [4.69, 9.17) is 32.3 Å². The van der Waals surface area contributed by atoms with Crippen LogP contribution in [0.15, 0.2) is 194 Å². The largest absolute Gasteiger partial charge is 0.472 e. The van der Waals surface area contributed by atoms with Crippen LogP contribution in [0.3, 0.4) is 0 Å². The summed E-state index contributed by atoms with van der Waals surface area (Å²) in [4.78, 5) is 58.7. The first-order chi connectivity index (χ1) is 53.2. The predicted octanol–water partition coefficient (Wildman–Crippen LogP) is 25.1. The van der Waals surface area contributed by atoms with Crippen LogP contribution in [-0.2, 0) is 55.8 Å². The maximum atomic E-state index is 13.0. The standard InChI is InChI=1S/C91H148O16P2/c1-4-7-10-13-16-19-22-25-28-31-33-35-37-38-39-40-41-42-43-44-45-46-48-50-51-54-56-59-62-65-68-71-74-77-89(94)101-80-86(92)81-103-108(97,98)104-82-87(93)83-105-109(99,100)106-85-88(107-91(96)79-76-73-70-67-64-61-58-53-30-27-24-21-18-15-12-9-6-3)84-102-90(95)78-75-72-69-66-63-60-57-55-52-49-47-36-34-32-29-26-23-20-17-14-11-8-5-2/h7-12,16-21,25-30,33-36,38-39,41-42,49,52,58,61,67,70,86-88,92-93H,4-6,13-15,22-24,31-32,37,40,43-48,50-51,53-57,59-60,62-66,68-69,71-85H2,1-3H3,(H,97,98)(H,99,100)/b10-7-,11-8-,12-9-,19-16-,20-17-,21-18-,28-25-,29-26-,30-27-,35-33-,36-34-,39-38-,42-41-,52-49-,61-58-,70-67-. The van der Waals surface area contributed by atoms with Gasteiger partial charge in [0.25, 0.3) is 0 Å². The summed E-state index contributed by atoms with van der Waals surface area (Å²) >= 11 is 0. The Kier molecular flexibility index (Phi) is 77.7. The number of phosphoric ester groups is 2. The molecule has 0 aromatic carbocycles. The first kappa shape index (κ1) is 103. The molecule has 0 aliphatic rings. The molecule has 5 atom stereocenters. The van der Waals surface area contributed by atoms with Gasteiger partial charge in [0.1, 0.15) is 25.4 Å². The lowest BCUT2D eigenvalue weighted by molar-refractivity contribution is -0.161. The molecule has 0 aromatic rings. The number of ether oxygens (including phenoxy) is 3. The summed E-state index contributed by atoms with van der Waals surface area (Å²) in [5.41, 5.74) is 0. The molecule has 5 unspecified atom stereocenters. The monoisotopic (exact) mass is 1560 g/mol.